The molecule has 15 heavy (non-hydrogen) atoms. The summed E-state index contributed by atoms with van der Waals surface area (Å²) in [6.45, 7) is 11.1. The minimum Gasteiger partial charge on any atom is -0.481 e. The molecule has 0 aromatic heterocycles. The van der Waals surface area contributed by atoms with Crippen LogP contribution in [0.25, 0.3) is 0 Å². The highest BCUT2D eigenvalue weighted by Gasteiger charge is 2.40. The standard InChI is InChI=1S/C12H22O3/c1-7(2)8(3)12(5,6)10(9(4)13)11(14)15/h9-10,13H,1-6H3,(H,14,15). The van der Waals surface area contributed by atoms with E-state index in [1.807, 2.05) is 34.6 Å². The van der Waals surface area contributed by atoms with Gasteiger partial charge in [0.15, 0.2) is 0 Å². The monoisotopic (exact) mass is 214 g/mol. The molecule has 3 nitrogen and oxygen atoms in total. The van der Waals surface area contributed by atoms with Crippen molar-refractivity contribution in [3.8, 4) is 0 Å². The lowest BCUT2D eigenvalue weighted by Gasteiger charge is -2.35. The van der Waals surface area contributed by atoms with Gasteiger partial charge in [0.05, 0.1) is 12.0 Å². The largest absolute Gasteiger partial charge is 0.481 e. The van der Waals surface area contributed by atoms with Crippen LogP contribution in [0, 0.1) is 11.3 Å². The van der Waals surface area contributed by atoms with E-state index in [0.29, 0.717) is 0 Å². The van der Waals surface area contributed by atoms with Crippen LogP contribution in [-0.2, 0) is 4.79 Å². The lowest BCUT2D eigenvalue weighted by molar-refractivity contribution is -0.149. The van der Waals surface area contributed by atoms with Gasteiger partial charge in [-0.2, -0.15) is 0 Å². The highest BCUT2D eigenvalue weighted by atomic mass is 16.4. The van der Waals surface area contributed by atoms with Crippen LogP contribution in [0.3, 0.4) is 0 Å². The van der Waals surface area contributed by atoms with Crippen LogP contribution in [0.1, 0.15) is 41.5 Å². The molecule has 0 aliphatic rings. The molecule has 2 N–H and O–H groups in total. The summed E-state index contributed by atoms with van der Waals surface area (Å²) in [5.41, 5.74) is 1.60. The van der Waals surface area contributed by atoms with E-state index in [9.17, 15) is 9.90 Å². The summed E-state index contributed by atoms with van der Waals surface area (Å²) in [5.74, 6) is -1.72. The Kier molecular flexibility index (Phi) is 4.53. The maximum absolute atomic E-state index is 11.1. The Morgan fingerprint density at radius 2 is 1.60 bits per heavy atom. The maximum Gasteiger partial charge on any atom is 0.309 e. The molecule has 0 aliphatic heterocycles. The topological polar surface area (TPSA) is 57.5 Å². The minimum atomic E-state index is -0.949. The van der Waals surface area contributed by atoms with Gasteiger partial charge in [-0.3, -0.25) is 4.79 Å². The van der Waals surface area contributed by atoms with Crippen molar-refractivity contribution in [3.05, 3.63) is 11.1 Å². The molecule has 88 valence electrons. The van der Waals surface area contributed by atoms with Crippen LogP contribution < -0.4 is 0 Å². The van der Waals surface area contributed by atoms with Gasteiger partial charge < -0.3 is 10.2 Å². The van der Waals surface area contributed by atoms with Crippen molar-refractivity contribution in [3.63, 3.8) is 0 Å². The fourth-order valence-electron chi connectivity index (χ4n) is 2.00. The Morgan fingerprint density at radius 1 is 1.20 bits per heavy atom. The van der Waals surface area contributed by atoms with E-state index in [0.717, 1.165) is 11.1 Å². The molecule has 3 heteroatoms. The molecule has 0 fully saturated rings. The summed E-state index contributed by atoms with van der Waals surface area (Å²) >= 11 is 0. The van der Waals surface area contributed by atoms with E-state index >= 15 is 0 Å². The molecule has 0 aromatic rings. The number of carboxylic acids is 1. The van der Waals surface area contributed by atoms with Gasteiger partial charge in [-0.05, 0) is 27.7 Å². The van der Waals surface area contributed by atoms with Crippen molar-refractivity contribution in [2.24, 2.45) is 11.3 Å². The van der Waals surface area contributed by atoms with Gasteiger partial charge in [-0.1, -0.05) is 25.0 Å². The van der Waals surface area contributed by atoms with E-state index in [4.69, 9.17) is 5.11 Å². The lowest BCUT2D eigenvalue weighted by Crippen LogP contribution is -2.39. The molecule has 0 saturated carbocycles. The van der Waals surface area contributed by atoms with Gasteiger partial charge in [-0.15, -0.1) is 0 Å². The fraction of sp³-hybridized carbons (Fsp3) is 0.750. The number of rotatable bonds is 4. The Morgan fingerprint density at radius 3 is 1.80 bits per heavy atom. The smallest absolute Gasteiger partial charge is 0.309 e. The number of allylic oxidation sites excluding steroid dienone is 2. The maximum atomic E-state index is 11.1. The first-order valence-corrected chi connectivity index (χ1v) is 5.17. The quantitative estimate of drug-likeness (QED) is 0.707. The van der Waals surface area contributed by atoms with E-state index < -0.39 is 23.4 Å². The van der Waals surface area contributed by atoms with E-state index in [1.165, 1.54) is 6.92 Å². The predicted molar refractivity (Wildman–Crippen MR) is 60.6 cm³/mol. The summed E-state index contributed by atoms with van der Waals surface area (Å²) in [6, 6.07) is 0. The molecular weight excluding hydrogens is 192 g/mol. The highest BCUT2D eigenvalue weighted by molar-refractivity contribution is 5.72. The molecule has 0 aliphatic carbocycles. The molecule has 0 amide bonds. The molecule has 0 heterocycles. The minimum absolute atomic E-state index is 0.529. The van der Waals surface area contributed by atoms with Gasteiger partial charge >= 0.3 is 5.97 Å². The average Bonchev–Trinajstić information content (AvgIpc) is 1.99. The molecular formula is C12H22O3. The summed E-state index contributed by atoms with van der Waals surface area (Å²) in [4.78, 5) is 11.1. The number of carbonyl (C=O) groups is 1. The van der Waals surface area contributed by atoms with Crippen LogP contribution in [0.2, 0.25) is 0 Å². The number of carboxylic acid groups (broad SMARTS) is 1. The third kappa shape index (κ3) is 3.06. The van der Waals surface area contributed by atoms with Crippen LogP contribution >= 0.6 is 0 Å². The molecule has 2 unspecified atom stereocenters. The number of aliphatic hydroxyl groups is 1. The molecule has 0 radical (unpaired) electrons. The molecule has 0 rings (SSSR count). The van der Waals surface area contributed by atoms with E-state index in [2.05, 4.69) is 0 Å². The highest BCUT2D eigenvalue weighted by Crippen LogP contribution is 2.38. The van der Waals surface area contributed by atoms with Gasteiger partial charge in [0.25, 0.3) is 0 Å². The fourth-order valence-corrected chi connectivity index (χ4v) is 2.00. The molecule has 0 aromatic carbocycles. The van der Waals surface area contributed by atoms with Gasteiger partial charge in [0.1, 0.15) is 0 Å². The number of aliphatic hydroxyl groups excluding tert-OH is 1. The van der Waals surface area contributed by atoms with Crippen molar-refractivity contribution < 1.29 is 15.0 Å². The third-order valence-electron chi connectivity index (χ3n) is 3.24. The summed E-state index contributed by atoms with van der Waals surface area (Å²) in [5, 5.41) is 18.7. The number of hydrogen-bond acceptors (Lipinski definition) is 2. The Hall–Kier alpha value is -0.830. The zero-order valence-electron chi connectivity index (χ0n) is 10.5. The second kappa shape index (κ2) is 4.79. The summed E-state index contributed by atoms with van der Waals surface area (Å²) in [7, 11) is 0. The second-order valence-corrected chi connectivity index (χ2v) is 4.90. The van der Waals surface area contributed by atoms with Gasteiger partial charge in [0.2, 0.25) is 0 Å². The molecule has 0 spiro atoms. The average molecular weight is 214 g/mol. The predicted octanol–water partition coefficient (Wildman–Crippen LogP) is 2.45. The normalized spacial score (nSPS) is 15.7. The third-order valence-corrected chi connectivity index (χ3v) is 3.24. The zero-order chi connectivity index (χ0) is 12.4. The molecule has 0 bridgehead atoms. The Labute approximate surface area is 91.8 Å². The lowest BCUT2D eigenvalue weighted by atomic mass is 9.70. The first-order valence-electron chi connectivity index (χ1n) is 5.17. The number of hydrogen-bond donors (Lipinski definition) is 2. The molecule has 0 saturated heterocycles. The molecule has 2 atom stereocenters. The van der Waals surface area contributed by atoms with Crippen LogP contribution in [-0.4, -0.2) is 22.3 Å². The van der Waals surface area contributed by atoms with Crippen molar-refractivity contribution in [1.82, 2.24) is 0 Å². The van der Waals surface area contributed by atoms with Gasteiger partial charge in [0, 0.05) is 5.41 Å². The van der Waals surface area contributed by atoms with E-state index in [1.54, 1.807) is 0 Å². The second-order valence-electron chi connectivity index (χ2n) is 4.90. The summed E-state index contributed by atoms with van der Waals surface area (Å²) in [6.07, 6.45) is -0.855. The SMILES string of the molecule is CC(C)=C(C)C(C)(C)C(C(=O)O)C(C)O. The summed E-state index contributed by atoms with van der Waals surface area (Å²) < 4.78 is 0. The first-order chi connectivity index (χ1) is 6.62. The zero-order valence-corrected chi connectivity index (χ0v) is 10.5. The van der Waals surface area contributed by atoms with Crippen LogP contribution in [0.5, 0.6) is 0 Å². The van der Waals surface area contributed by atoms with Crippen molar-refractivity contribution >= 4 is 5.97 Å². The van der Waals surface area contributed by atoms with Crippen LogP contribution in [0.15, 0.2) is 11.1 Å². The van der Waals surface area contributed by atoms with Crippen molar-refractivity contribution in [2.75, 3.05) is 0 Å². The number of aliphatic carboxylic acids is 1. The van der Waals surface area contributed by atoms with Crippen LogP contribution in [0.4, 0.5) is 0 Å². The van der Waals surface area contributed by atoms with Crippen molar-refractivity contribution in [1.29, 1.82) is 0 Å². The van der Waals surface area contributed by atoms with E-state index in [-0.39, 0.29) is 0 Å². The first kappa shape index (κ1) is 14.2. The van der Waals surface area contributed by atoms with Gasteiger partial charge in [-0.25, -0.2) is 0 Å². The Bertz CT molecular complexity index is 271. The Balaban J connectivity index is 5.32. The van der Waals surface area contributed by atoms with Crippen molar-refractivity contribution in [2.45, 2.75) is 47.6 Å².